The molecule has 3 aliphatic rings. The third-order valence-corrected chi connectivity index (χ3v) is 6.08. The zero-order valence-corrected chi connectivity index (χ0v) is 20.9. The van der Waals surface area contributed by atoms with Gasteiger partial charge in [0, 0.05) is 18.6 Å². The highest BCUT2D eigenvalue weighted by Crippen LogP contribution is 2.32. The van der Waals surface area contributed by atoms with Crippen molar-refractivity contribution in [1.82, 2.24) is 25.3 Å². The molecule has 5 amide bonds. The Balaban J connectivity index is 1.73. The van der Waals surface area contributed by atoms with Crippen molar-refractivity contribution >= 4 is 23.9 Å². The summed E-state index contributed by atoms with van der Waals surface area (Å²) < 4.78 is 5.33. The van der Waals surface area contributed by atoms with Gasteiger partial charge in [0.15, 0.2) is 0 Å². The van der Waals surface area contributed by atoms with Gasteiger partial charge in [0.1, 0.15) is 23.7 Å². The number of alkyl carbamates (subject to hydrolysis) is 1. The third-order valence-electron chi connectivity index (χ3n) is 6.08. The first-order valence-corrected chi connectivity index (χ1v) is 11.8. The third kappa shape index (κ3) is 5.72. The van der Waals surface area contributed by atoms with Gasteiger partial charge in [-0.25, -0.2) is 9.59 Å². The van der Waals surface area contributed by atoms with Crippen molar-refractivity contribution in [3.63, 3.8) is 0 Å². The number of urea groups is 1. The Hall–Kier alpha value is -3.03. The van der Waals surface area contributed by atoms with Gasteiger partial charge in [-0.3, -0.25) is 9.59 Å². The molecule has 0 saturated carbocycles. The molecule has 11 nitrogen and oxygen atoms in total. The molecule has 3 heterocycles. The van der Waals surface area contributed by atoms with Crippen molar-refractivity contribution in [2.75, 3.05) is 19.6 Å². The first kappa shape index (κ1) is 25.6. The van der Waals surface area contributed by atoms with Crippen molar-refractivity contribution in [2.45, 2.75) is 96.1 Å². The van der Waals surface area contributed by atoms with Crippen LogP contribution in [0, 0.1) is 11.3 Å². The highest BCUT2D eigenvalue weighted by Gasteiger charge is 2.52. The summed E-state index contributed by atoms with van der Waals surface area (Å²) in [5.41, 5.74) is -1.19. The SMILES string of the molecule is CC(C)(C)NC(=O)N1C[C@@H]2C[C@H]1C(=O)N2C[C@H](NC(=O)OC(C)(C)C)C(=O)N1CCC[C@H]1C#N. The minimum Gasteiger partial charge on any atom is -0.444 e. The van der Waals surface area contributed by atoms with Crippen LogP contribution in [0.4, 0.5) is 9.59 Å². The van der Waals surface area contributed by atoms with Crippen LogP contribution in [0.1, 0.15) is 60.8 Å². The van der Waals surface area contributed by atoms with E-state index in [4.69, 9.17) is 4.74 Å². The van der Waals surface area contributed by atoms with Crippen LogP contribution in [0.25, 0.3) is 0 Å². The summed E-state index contributed by atoms with van der Waals surface area (Å²) in [6.45, 7) is 11.5. The predicted molar refractivity (Wildman–Crippen MR) is 122 cm³/mol. The van der Waals surface area contributed by atoms with Crippen molar-refractivity contribution in [3.05, 3.63) is 0 Å². The molecule has 2 bridgehead atoms. The fraction of sp³-hybridized carbons (Fsp3) is 0.783. The first-order valence-electron chi connectivity index (χ1n) is 11.8. The van der Waals surface area contributed by atoms with Gasteiger partial charge in [0.2, 0.25) is 11.8 Å². The van der Waals surface area contributed by atoms with Crippen LogP contribution >= 0.6 is 0 Å². The zero-order valence-electron chi connectivity index (χ0n) is 20.9. The van der Waals surface area contributed by atoms with Crippen molar-refractivity contribution in [2.24, 2.45) is 0 Å². The van der Waals surface area contributed by atoms with Crippen molar-refractivity contribution in [1.29, 1.82) is 5.26 Å². The molecule has 3 rings (SSSR count). The van der Waals surface area contributed by atoms with E-state index in [0.717, 1.165) is 0 Å². The van der Waals surface area contributed by atoms with Crippen molar-refractivity contribution in [3.8, 4) is 6.07 Å². The fourth-order valence-electron chi connectivity index (χ4n) is 4.70. The van der Waals surface area contributed by atoms with E-state index in [1.165, 1.54) is 4.90 Å². The number of piperazine rings is 1. The zero-order chi connectivity index (χ0) is 25.4. The first-order chi connectivity index (χ1) is 15.7. The van der Waals surface area contributed by atoms with Gasteiger partial charge >= 0.3 is 12.1 Å². The standard InChI is InChI=1S/C23H36N6O5/c1-22(2,3)26-20(32)29-12-15-10-17(29)19(31)28(15)13-16(25-21(33)34-23(4,5)6)18(30)27-9-7-8-14(27)11-24/h14-17H,7-10,12-13H2,1-6H3,(H,25,33)(H,26,32)/t14-,15-,16-,17-/m0/s1. The fourth-order valence-corrected chi connectivity index (χ4v) is 4.70. The summed E-state index contributed by atoms with van der Waals surface area (Å²) in [5.74, 6) is -0.657. The van der Waals surface area contributed by atoms with E-state index in [0.29, 0.717) is 32.4 Å². The second-order valence-corrected chi connectivity index (χ2v) is 11.2. The number of hydrogen-bond donors (Lipinski definition) is 2. The largest absolute Gasteiger partial charge is 0.444 e. The number of carbonyl (C=O) groups is 4. The Labute approximate surface area is 200 Å². The highest BCUT2D eigenvalue weighted by atomic mass is 16.6. The molecule has 4 atom stereocenters. The molecule has 2 N–H and O–H groups in total. The number of rotatable bonds is 4. The van der Waals surface area contributed by atoms with E-state index in [2.05, 4.69) is 16.7 Å². The summed E-state index contributed by atoms with van der Waals surface area (Å²) in [6.07, 6.45) is 0.997. The molecule has 3 fully saturated rings. The average Bonchev–Trinajstić information content (AvgIpc) is 3.39. The number of hydrogen-bond acceptors (Lipinski definition) is 6. The lowest BCUT2D eigenvalue weighted by molar-refractivity contribution is -0.139. The second-order valence-electron chi connectivity index (χ2n) is 11.2. The topological polar surface area (TPSA) is 135 Å². The number of nitriles is 1. The van der Waals surface area contributed by atoms with E-state index in [-0.39, 0.29) is 24.5 Å². The van der Waals surface area contributed by atoms with E-state index in [1.807, 2.05) is 20.8 Å². The van der Waals surface area contributed by atoms with Crippen LogP contribution in [-0.2, 0) is 14.3 Å². The van der Waals surface area contributed by atoms with E-state index >= 15 is 0 Å². The summed E-state index contributed by atoms with van der Waals surface area (Å²) >= 11 is 0. The van der Waals surface area contributed by atoms with Crippen LogP contribution in [0.5, 0.6) is 0 Å². The van der Waals surface area contributed by atoms with Crippen LogP contribution in [0.2, 0.25) is 0 Å². The molecule has 3 aliphatic heterocycles. The Morgan fingerprint density at radius 3 is 2.41 bits per heavy atom. The lowest BCUT2D eigenvalue weighted by atomic mass is 10.1. The lowest BCUT2D eigenvalue weighted by Gasteiger charge is -2.37. The van der Waals surface area contributed by atoms with Gasteiger partial charge in [-0.05, 0) is 60.8 Å². The summed E-state index contributed by atoms with van der Waals surface area (Å²) in [4.78, 5) is 56.2. The molecule has 11 heteroatoms. The van der Waals surface area contributed by atoms with E-state index in [9.17, 15) is 24.4 Å². The molecule has 188 valence electrons. The van der Waals surface area contributed by atoms with Gasteiger partial charge < -0.3 is 30.1 Å². The Kier molecular flexibility index (Phi) is 7.01. The summed E-state index contributed by atoms with van der Waals surface area (Å²) in [6, 6.07) is -0.603. The normalized spacial score (nSPS) is 25.3. The smallest absolute Gasteiger partial charge is 0.408 e. The molecule has 0 spiro atoms. The highest BCUT2D eigenvalue weighted by molar-refractivity contribution is 5.92. The Morgan fingerprint density at radius 2 is 1.85 bits per heavy atom. The number of fused-ring (bicyclic) bond motifs is 2. The van der Waals surface area contributed by atoms with Gasteiger partial charge in [-0.15, -0.1) is 0 Å². The maximum Gasteiger partial charge on any atom is 0.408 e. The van der Waals surface area contributed by atoms with Crippen LogP contribution in [0.15, 0.2) is 0 Å². The Morgan fingerprint density at radius 1 is 1.18 bits per heavy atom. The monoisotopic (exact) mass is 476 g/mol. The van der Waals surface area contributed by atoms with E-state index in [1.54, 1.807) is 30.6 Å². The quantitative estimate of drug-likeness (QED) is 0.626. The van der Waals surface area contributed by atoms with Gasteiger partial charge in [-0.1, -0.05) is 0 Å². The van der Waals surface area contributed by atoms with E-state index < -0.39 is 41.3 Å². The number of amides is 5. The average molecular weight is 477 g/mol. The predicted octanol–water partition coefficient (Wildman–Crippen LogP) is 1.19. The molecule has 0 radical (unpaired) electrons. The summed E-state index contributed by atoms with van der Waals surface area (Å²) in [5, 5.41) is 14.9. The molecule has 34 heavy (non-hydrogen) atoms. The molecule has 0 unspecified atom stereocenters. The minimum atomic E-state index is -1.05. The molecule has 3 saturated heterocycles. The maximum atomic E-state index is 13.3. The molecule has 0 aromatic heterocycles. The molecular weight excluding hydrogens is 440 g/mol. The Bertz CT molecular complexity index is 886. The number of likely N-dealkylation sites (tertiary alicyclic amines) is 3. The molecule has 0 aromatic carbocycles. The summed E-state index contributed by atoms with van der Waals surface area (Å²) in [7, 11) is 0. The van der Waals surface area contributed by atoms with Crippen LogP contribution in [0.3, 0.4) is 0 Å². The minimum absolute atomic E-state index is 0.0402. The molecule has 0 aliphatic carbocycles. The van der Waals surface area contributed by atoms with Crippen molar-refractivity contribution < 1.29 is 23.9 Å². The van der Waals surface area contributed by atoms with Crippen LogP contribution < -0.4 is 10.6 Å². The number of carbonyl (C=O) groups excluding carboxylic acids is 4. The lowest BCUT2D eigenvalue weighted by Crippen LogP contribution is -2.61. The van der Waals surface area contributed by atoms with Crippen LogP contribution in [-0.4, -0.2) is 93.6 Å². The maximum absolute atomic E-state index is 13.3. The second kappa shape index (κ2) is 9.31. The molecule has 0 aromatic rings. The molecular formula is C23H36N6O5. The number of nitrogens with one attached hydrogen (secondary N) is 2. The van der Waals surface area contributed by atoms with Gasteiger partial charge in [-0.2, -0.15) is 5.26 Å². The number of ether oxygens (including phenoxy) is 1. The van der Waals surface area contributed by atoms with Gasteiger partial charge in [0.25, 0.3) is 0 Å². The number of nitrogens with zero attached hydrogens (tertiary/aromatic N) is 4. The van der Waals surface area contributed by atoms with Gasteiger partial charge in [0.05, 0.1) is 18.7 Å².